The van der Waals surface area contributed by atoms with Crippen LogP contribution in [-0.2, 0) is 14.3 Å². The Morgan fingerprint density at radius 2 is 1.71 bits per heavy atom. The smallest absolute Gasteiger partial charge is 0.408 e. The molecule has 0 aliphatic heterocycles. The Bertz CT molecular complexity index is 416. The number of hydrogen-bond acceptors (Lipinski definition) is 4. The first kappa shape index (κ1) is 22.2. The number of carboxylic acids is 1. The Morgan fingerprint density at radius 1 is 1.08 bits per heavy atom. The molecule has 7 nitrogen and oxygen atoms in total. The number of carbonyl (C=O) groups is 3. The van der Waals surface area contributed by atoms with Crippen molar-refractivity contribution in [3.63, 3.8) is 0 Å². The molecule has 0 aromatic carbocycles. The van der Waals surface area contributed by atoms with Gasteiger partial charge in [-0.25, -0.2) is 4.79 Å². The summed E-state index contributed by atoms with van der Waals surface area (Å²) in [6.45, 7) is 9.71. The van der Waals surface area contributed by atoms with Gasteiger partial charge >= 0.3 is 12.1 Å². The molecule has 0 heterocycles. The highest BCUT2D eigenvalue weighted by molar-refractivity contribution is 5.85. The van der Waals surface area contributed by atoms with Crippen molar-refractivity contribution in [2.45, 2.75) is 78.4 Å². The first-order valence-electron chi connectivity index (χ1n) is 8.50. The third kappa shape index (κ3) is 12.7. The number of rotatable bonds is 10. The number of amides is 2. The van der Waals surface area contributed by atoms with Crippen LogP contribution in [0.15, 0.2) is 0 Å². The number of carboxylic acid groups (broad SMARTS) is 1. The van der Waals surface area contributed by atoms with Crippen LogP contribution < -0.4 is 10.6 Å². The molecule has 1 atom stereocenters. The maximum atomic E-state index is 12.2. The molecular weight excluding hydrogens is 312 g/mol. The second kappa shape index (κ2) is 10.9. The van der Waals surface area contributed by atoms with Gasteiger partial charge in [-0.15, -0.1) is 0 Å². The molecule has 0 saturated heterocycles. The van der Waals surface area contributed by atoms with Crippen LogP contribution in [-0.4, -0.2) is 41.3 Å². The highest BCUT2D eigenvalue weighted by Crippen LogP contribution is 2.09. The lowest BCUT2D eigenvalue weighted by Crippen LogP contribution is -2.49. The van der Waals surface area contributed by atoms with E-state index < -0.39 is 23.7 Å². The van der Waals surface area contributed by atoms with Crippen LogP contribution >= 0.6 is 0 Å². The van der Waals surface area contributed by atoms with Crippen molar-refractivity contribution in [1.29, 1.82) is 0 Å². The second-order valence-corrected chi connectivity index (χ2v) is 7.32. The minimum atomic E-state index is -0.808. The first-order valence-corrected chi connectivity index (χ1v) is 8.50. The standard InChI is InChI=1S/C17H32N2O5/c1-12(2)11-13(19-16(23)24-17(3,4)5)15(22)18-10-8-6-7-9-14(20)21/h12-13H,6-11H2,1-5H3,(H,18,22)(H,19,23)(H,20,21). The molecule has 140 valence electrons. The lowest BCUT2D eigenvalue weighted by molar-refractivity contribution is -0.137. The lowest BCUT2D eigenvalue weighted by Gasteiger charge is -2.24. The van der Waals surface area contributed by atoms with E-state index in [1.165, 1.54) is 0 Å². The van der Waals surface area contributed by atoms with Gasteiger partial charge in [-0.2, -0.15) is 0 Å². The van der Waals surface area contributed by atoms with E-state index in [4.69, 9.17) is 9.84 Å². The normalized spacial score (nSPS) is 12.6. The lowest BCUT2D eigenvalue weighted by atomic mass is 10.0. The van der Waals surface area contributed by atoms with Crippen molar-refractivity contribution in [2.24, 2.45) is 5.92 Å². The molecular formula is C17H32N2O5. The molecule has 0 aliphatic carbocycles. The zero-order chi connectivity index (χ0) is 18.8. The number of ether oxygens (including phenoxy) is 1. The predicted octanol–water partition coefficient (Wildman–Crippen LogP) is 2.69. The van der Waals surface area contributed by atoms with Gasteiger partial charge in [0.2, 0.25) is 5.91 Å². The number of alkyl carbamates (subject to hydrolysis) is 1. The van der Waals surface area contributed by atoms with Gasteiger partial charge in [0.25, 0.3) is 0 Å². The van der Waals surface area contributed by atoms with Crippen LogP contribution in [0.1, 0.15) is 66.7 Å². The fourth-order valence-corrected chi connectivity index (χ4v) is 2.07. The molecule has 24 heavy (non-hydrogen) atoms. The SMILES string of the molecule is CC(C)CC(NC(=O)OC(C)(C)C)C(=O)NCCCCCC(=O)O. The second-order valence-electron chi connectivity index (χ2n) is 7.32. The number of carbonyl (C=O) groups excluding carboxylic acids is 2. The summed E-state index contributed by atoms with van der Waals surface area (Å²) in [4.78, 5) is 34.5. The highest BCUT2D eigenvalue weighted by atomic mass is 16.6. The predicted molar refractivity (Wildman–Crippen MR) is 91.7 cm³/mol. The number of hydrogen-bond donors (Lipinski definition) is 3. The Kier molecular flexibility index (Phi) is 10.1. The van der Waals surface area contributed by atoms with Crippen molar-refractivity contribution in [3.8, 4) is 0 Å². The topological polar surface area (TPSA) is 105 Å². The van der Waals surface area contributed by atoms with Gasteiger partial charge in [0, 0.05) is 13.0 Å². The van der Waals surface area contributed by atoms with E-state index in [-0.39, 0.29) is 18.2 Å². The minimum absolute atomic E-state index is 0.143. The Labute approximate surface area is 144 Å². The molecule has 7 heteroatoms. The first-order chi connectivity index (χ1) is 11.0. The number of unbranched alkanes of at least 4 members (excludes halogenated alkanes) is 2. The van der Waals surface area contributed by atoms with E-state index in [1.807, 2.05) is 13.8 Å². The van der Waals surface area contributed by atoms with E-state index in [0.29, 0.717) is 25.8 Å². The van der Waals surface area contributed by atoms with Crippen molar-refractivity contribution in [2.75, 3.05) is 6.54 Å². The van der Waals surface area contributed by atoms with Crippen molar-refractivity contribution in [1.82, 2.24) is 10.6 Å². The van der Waals surface area contributed by atoms with Crippen LogP contribution in [0.4, 0.5) is 4.79 Å². The van der Waals surface area contributed by atoms with Crippen LogP contribution in [0.3, 0.4) is 0 Å². The third-order valence-electron chi connectivity index (χ3n) is 3.08. The van der Waals surface area contributed by atoms with Crippen molar-refractivity contribution >= 4 is 18.0 Å². The molecule has 0 rings (SSSR count). The molecule has 0 spiro atoms. The molecule has 2 amide bonds. The Balaban J connectivity index is 4.30. The van der Waals surface area contributed by atoms with Gasteiger partial charge in [-0.05, 0) is 46.0 Å². The van der Waals surface area contributed by atoms with Crippen molar-refractivity contribution < 1.29 is 24.2 Å². The van der Waals surface area contributed by atoms with E-state index >= 15 is 0 Å². The zero-order valence-electron chi connectivity index (χ0n) is 15.5. The number of nitrogens with one attached hydrogen (secondary N) is 2. The fraction of sp³-hybridized carbons (Fsp3) is 0.824. The van der Waals surface area contributed by atoms with Gasteiger partial charge in [-0.3, -0.25) is 9.59 Å². The molecule has 0 aromatic rings. The average Bonchev–Trinajstić information content (AvgIpc) is 2.38. The minimum Gasteiger partial charge on any atom is -0.481 e. The van der Waals surface area contributed by atoms with E-state index in [2.05, 4.69) is 10.6 Å². The molecule has 1 unspecified atom stereocenters. The average molecular weight is 344 g/mol. The van der Waals surface area contributed by atoms with Crippen LogP contribution in [0.2, 0.25) is 0 Å². The molecule has 0 bridgehead atoms. The van der Waals surface area contributed by atoms with Gasteiger partial charge < -0.3 is 20.5 Å². The highest BCUT2D eigenvalue weighted by Gasteiger charge is 2.24. The van der Waals surface area contributed by atoms with Gasteiger partial charge in [-0.1, -0.05) is 20.3 Å². The van der Waals surface area contributed by atoms with E-state index in [0.717, 1.165) is 6.42 Å². The largest absolute Gasteiger partial charge is 0.481 e. The summed E-state index contributed by atoms with van der Waals surface area (Å²) in [5.74, 6) is -0.809. The molecule has 0 aromatic heterocycles. The maximum Gasteiger partial charge on any atom is 0.408 e. The summed E-state index contributed by atoms with van der Waals surface area (Å²) in [7, 11) is 0. The Morgan fingerprint density at radius 3 is 2.21 bits per heavy atom. The Hall–Kier alpha value is -1.79. The molecule has 3 N–H and O–H groups in total. The summed E-state index contributed by atoms with van der Waals surface area (Å²) in [5, 5.41) is 14.0. The summed E-state index contributed by atoms with van der Waals surface area (Å²) >= 11 is 0. The van der Waals surface area contributed by atoms with Gasteiger partial charge in [0.15, 0.2) is 0 Å². The quantitative estimate of drug-likeness (QED) is 0.529. The number of aliphatic carboxylic acids is 1. The summed E-state index contributed by atoms with van der Waals surface area (Å²) < 4.78 is 5.19. The van der Waals surface area contributed by atoms with Gasteiger partial charge in [0.05, 0.1) is 0 Å². The van der Waals surface area contributed by atoms with Crippen LogP contribution in [0.25, 0.3) is 0 Å². The van der Waals surface area contributed by atoms with Crippen LogP contribution in [0, 0.1) is 5.92 Å². The van der Waals surface area contributed by atoms with E-state index in [1.54, 1.807) is 20.8 Å². The molecule has 0 saturated carbocycles. The zero-order valence-corrected chi connectivity index (χ0v) is 15.5. The summed E-state index contributed by atoms with van der Waals surface area (Å²) in [6.07, 6.45) is 2.09. The monoisotopic (exact) mass is 344 g/mol. The van der Waals surface area contributed by atoms with Crippen molar-refractivity contribution in [3.05, 3.63) is 0 Å². The summed E-state index contributed by atoms with van der Waals surface area (Å²) in [6, 6.07) is -0.640. The molecule has 0 radical (unpaired) electrons. The summed E-state index contributed by atoms with van der Waals surface area (Å²) in [5.41, 5.74) is -0.618. The molecule has 0 fully saturated rings. The maximum absolute atomic E-state index is 12.2. The van der Waals surface area contributed by atoms with Crippen LogP contribution in [0.5, 0.6) is 0 Å². The van der Waals surface area contributed by atoms with Gasteiger partial charge in [0.1, 0.15) is 11.6 Å². The van der Waals surface area contributed by atoms with E-state index in [9.17, 15) is 14.4 Å². The molecule has 0 aliphatic rings. The third-order valence-corrected chi connectivity index (χ3v) is 3.08. The fourth-order valence-electron chi connectivity index (χ4n) is 2.07.